The maximum absolute atomic E-state index is 4.14. The van der Waals surface area contributed by atoms with Gasteiger partial charge in [0.1, 0.15) is 0 Å². The molecule has 2 atom stereocenters. The van der Waals surface area contributed by atoms with E-state index in [2.05, 4.69) is 30.8 Å². The summed E-state index contributed by atoms with van der Waals surface area (Å²) in [4.78, 5) is 0. The van der Waals surface area contributed by atoms with E-state index in [9.17, 15) is 0 Å². The zero-order chi connectivity index (χ0) is 11.3. The molecule has 0 amide bonds. The van der Waals surface area contributed by atoms with Crippen molar-refractivity contribution >= 4 is 0 Å². The van der Waals surface area contributed by atoms with Gasteiger partial charge in [0.15, 0.2) is 0 Å². The molecule has 1 N–H and O–H groups in total. The van der Waals surface area contributed by atoms with Crippen LogP contribution in [0.4, 0.5) is 0 Å². The Morgan fingerprint density at radius 3 is 2.87 bits per heavy atom. The molecule has 0 fully saturated rings. The van der Waals surface area contributed by atoms with E-state index in [0.717, 1.165) is 13.0 Å². The lowest BCUT2D eigenvalue weighted by Gasteiger charge is -2.20. The van der Waals surface area contributed by atoms with Crippen LogP contribution in [0.25, 0.3) is 0 Å². The number of rotatable bonds is 6. The summed E-state index contributed by atoms with van der Waals surface area (Å²) in [6.07, 6.45) is 4.86. The van der Waals surface area contributed by atoms with E-state index in [0.29, 0.717) is 12.0 Å². The van der Waals surface area contributed by atoms with Gasteiger partial charge in [-0.2, -0.15) is 5.10 Å². The van der Waals surface area contributed by atoms with Gasteiger partial charge >= 0.3 is 0 Å². The molecule has 0 aromatic carbocycles. The van der Waals surface area contributed by atoms with Gasteiger partial charge in [-0.1, -0.05) is 13.0 Å². The second-order valence-corrected chi connectivity index (χ2v) is 4.12. The lowest BCUT2D eigenvalue weighted by molar-refractivity contribution is 0.397. The van der Waals surface area contributed by atoms with Crippen molar-refractivity contribution in [3.05, 3.63) is 30.6 Å². The Morgan fingerprint density at radius 2 is 2.33 bits per heavy atom. The van der Waals surface area contributed by atoms with Gasteiger partial charge < -0.3 is 5.32 Å². The van der Waals surface area contributed by atoms with Gasteiger partial charge in [0.2, 0.25) is 0 Å². The second kappa shape index (κ2) is 5.71. The van der Waals surface area contributed by atoms with Crippen molar-refractivity contribution in [2.75, 3.05) is 0 Å². The van der Waals surface area contributed by atoms with Crippen LogP contribution >= 0.6 is 0 Å². The largest absolute Gasteiger partial charge is 0.308 e. The number of allylic oxidation sites excluding steroid dienone is 1. The van der Waals surface area contributed by atoms with Crippen molar-refractivity contribution in [2.24, 2.45) is 13.0 Å². The second-order valence-electron chi connectivity index (χ2n) is 4.12. The third-order valence-corrected chi connectivity index (χ3v) is 2.92. The minimum Gasteiger partial charge on any atom is -0.308 e. The van der Waals surface area contributed by atoms with Crippen LogP contribution in [0.2, 0.25) is 0 Å². The summed E-state index contributed by atoms with van der Waals surface area (Å²) in [6.45, 7) is 9.09. The Labute approximate surface area is 92.2 Å². The van der Waals surface area contributed by atoms with Crippen LogP contribution in [0.15, 0.2) is 24.9 Å². The standard InChI is InChI=1S/C12H21N3/c1-5-6-10(2)11(3)13-9-12-7-8-14-15(12)4/h5,7-8,10-11,13H,1,6,9H2,2-4H3. The SMILES string of the molecule is C=CCC(C)C(C)NCc1ccnn1C. The summed E-state index contributed by atoms with van der Waals surface area (Å²) in [6, 6.07) is 2.54. The van der Waals surface area contributed by atoms with Gasteiger partial charge in [0.25, 0.3) is 0 Å². The Morgan fingerprint density at radius 1 is 1.60 bits per heavy atom. The molecule has 0 aliphatic heterocycles. The molecule has 1 aromatic rings. The van der Waals surface area contributed by atoms with E-state index in [1.165, 1.54) is 5.69 Å². The minimum atomic E-state index is 0.498. The van der Waals surface area contributed by atoms with Crippen LogP contribution in [0.3, 0.4) is 0 Å². The smallest absolute Gasteiger partial charge is 0.0518 e. The summed E-state index contributed by atoms with van der Waals surface area (Å²) in [5, 5.41) is 7.64. The van der Waals surface area contributed by atoms with E-state index in [-0.39, 0.29) is 0 Å². The van der Waals surface area contributed by atoms with Crippen LogP contribution in [0.5, 0.6) is 0 Å². The molecule has 1 rings (SSSR count). The number of hydrogen-bond donors (Lipinski definition) is 1. The predicted molar refractivity (Wildman–Crippen MR) is 63.5 cm³/mol. The first kappa shape index (κ1) is 12.0. The molecule has 0 radical (unpaired) electrons. The fraction of sp³-hybridized carbons (Fsp3) is 0.583. The monoisotopic (exact) mass is 207 g/mol. The fourth-order valence-corrected chi connectivity index (χ4v) is 1.51. The molecular formula is C12H21N3. The molecule has 3 nitrogen and oxygen atoms in total. The third-order valence-electron chi connectivity index (χ3n) is 2.92. The average molecular weight is 207 g/mol. The van der Waals surface area contributed by atoms with Crippen molar-refractivity contribution < 1.29 is 0 Å². The van der Waals surface area contributed by atoms with Crippen molar-refractivity contribution in [1.29, 1.82) is 0 Å². The predicted octanol–water partition coefficient (Wildman–Crippen LogP) is 2.11. The molecular weight excluding hydrogens is 186 g/mol. The summed E-state index contributed by atoms with van der Waals surface area (Å²) in [5.41, 5.74) is 1.22. The van der Waals surface area contributed by atoms with Crippen LogP contribution in [-0.2, 0) is 13.6 Å². The molecule has 2 unspecified atom stereocenters. The first-order chi connectivity index (χ1) is 7.15. The average Bonchev–Trinajstić information content (AvgIpc) is 2.61. The lowest BCUT2D eigenvalue weighted by Crippen LogP contribution is -2.32. The van der Waals surface area contributed by atoms with Gasteiger partial charge in [-0.15, -0.1) is 6.58 Å². The molecule has 1 heterocycles. The van der Waals surface area contributed by atoms with Gasteiger partial charge in [-0.25, -0.2) is 0 Å². The highest BCUT2D eigenvalue weighted by Gasteiger charge is 2.10. The van der Waals surface area contributed by atoms with E-state index >= 15 is 0 Å². The van der Waals surface area contributed by atoms with E-state index in [4.69, 9.17) is 0 Å². The van der Waals surface area contributed by atoms with Crippen LogP contribution in [0.1, 0.15) is 26.0 Å². The quantitative estimate of drug-likeness (QED) is 0.724. The molecule has 0 bridgehead atoms. The number of aromatic nitrogens is 2. The number of aryl methyl sites for hydroxylation is 1. The highest BCUT2D eigenvalue weighted by Crippen LogP contribution is 2.08. The molecule has 1 aromatic heterocycles. The summed E-state index contributed by atoms with van der Waals surface area (Å²) >= 11 is 0. The van der Waals surface area contributed by atoms with Crippen LogP contribution in [-0.4, -0.2) is 15.8 Å². The molecule has 0 saturated carbocycles. The van der Waals surface area contributed by atoms with Crippen molar-refractivity contribution in [3.8, 4) is 0 Å². The maximum atomic E-state index is 4.14. The normalized spacial score (nSPS) is 14.9. The molecule has 15 heavy (non-hydrogen) atoms. The molecule has 84 valence electrons. The van der Waals surface area contributed by atoms with Gasteiger partial charge in [0.05, 0.1) is 5.69 Å². The van der Waals surface area contributed by atoms with Gasteiger partial charge in [-0.05, 0) is 25.3 Å². The molecule has 0 aliphatic rings. The highest BCUT2D eigenvalue weighted by molar-refractivity contribution is 4.99. The highest BCUT2D eigenvalue weighted by atomic mass is 15.3. The summed E-state index contributed by atoms with van der Waals surface area (Å²) < 4.78 is 1.90. The Bertz CT molecular complexity index is 304. The zero-order valence-corrected chi connectivity index (χ0v) is 9.90. The van der Waals surface area contributed by atoms with E-state index in [1.54, 1.807) is 0 Å². The topological polar surface area (TPSA) is 29.9 Å². The molecule has 0 spiro atoms. The summed E-state index contributed by atoms with van der Waals surface area (Å²) in [7, 11) is 1.97. The molecule has 3 heteroatoms. The zero-order valence-electron chi connectivity index (χ0n) is 9.90. The van der Waals surface area contributed by atoms with Crippen LogP contribution < -0.4 is 5.32 Å². The third kappa shape index (κ3) is 3.51. The van der Waals surface area contributed by atoms with Crippen molar-refractivity contribution in [3.63, 3.8) is 0 Å². The number of hydrogen-bond acceptors (Lipinski definition) is 2. The van der Waals surface area contributed by atoms with E-state index < -0.39 is 0 Å². The van der Waals surface area contributed by atoms with Crippen molar-refractivity contribution in [2.45, 2.75) is 32.9 Å². The van der Waals surface area contributed by atoms with Gasteiger partial charge in [0, 0.05) is 25.8 Å². The first-order valence-corrected chi connectivity index (χ1v) is 5.46. The fourth-order valence-electron chi connectivity index (χ4n) is 1.51. The lowest BCUT2D eigenvalue weighted by atomic mass is 10.00. The molecule has 0 saturated heterocycles. The Hall–Kier alpha value is -1.09. The van der Waals surface area contributed by atoms with Crippen LogP contribution in [0, 0.1) is 5.92 Å². The maximum Gasteiger partial charge on any atom is 0.0518 e. The first-order valence-electron chi connectivity index (χ1n) is 5.46. The van der Waals surface area contributed by atoms with Gasteiger partial charge in [-0.3, -0.25) is 4.68 Å². The van der Waals surface area contributed by atoms with Crippen molar-refractivity contribution in [1.82, 2.24) is 15.1 Å². The number of nitrogens with zero attached hydrogens (tertiary/aromatic N) is 2. The number of nitrogens with one attached hydrogen (secondary N) is 1. The molecule has 0 aliphatic carbocycles. The summed E-state index contributed by atoms with van der Waals surface area (Å²) in [5.74, 6) is 0.621. The van der Waals surface area contributed by atoms with E-state index in [1.807, 2.05) is 30.1 Å². The minimum absolute atomic E-state index is 0.498. The Kier molecular flexibility index (Phi) is 4.56. The Balaban J connectivity index is 2.37.